The number of aromatic nitrogens is 5. The van der Waals surface area contributed by atoms with Crippen LogP contribution in [0.2, 0.25) is 0 Å². The third-order valence-corrected chi connectivity index (χ3v) is 5.89. The number of hydrogen-bond acceptors (Lipinski definition) is 7. The summed E-state index contributed by atoms with van der Waals surface area (Å²) in [5.74, 6) is 1.11. The highest BCUT2D eigenvalue weighted by Crippen LogP contribution is 2.26. The van der Waals surface area contributed by atoms with Crippen LogP contribution < -0.4 is 5.32 Å². The van der Waals surface area contributed by atoms with Crippen LogP contribution in [-0.4, -0.2) is 36.6 Å². The summed E-state index contributed by atoms with van der Waals surface area (Å²) in [6.45, 7) is 2.38. The molecule has 0 unspecified atom stereocenters. The van der Waals surface area contributed by atoms with Gasteiger partial charge in [0.05, 0.1) is 5.75 Å². The quantitative estimate of drug-likeness (QED) is 0.360. The highest BCUT2D eigenvalue weighted by atomic mass is 79.9. The highest BCUT2D eigenvalue weighted by molar-refractivity contribution is 9.10. The number of nitrogens with zero attached hydrogens (tertiary/aromatic N) is 5. The molecular weight excluding hydrogens is 480 g/mol. The molecule has 1 N–H and O–H groups in total. The Labute approximate surface area is 191 Å². The molecule has 0 saturated heterocycles. The lowest BCUT2D eigenvalue weighted by Crippen LogP contribution is -2.15. The summed E-state index contributed by atoms with van der Waals surface area (Å²) in [4.78, 5) is 16.3. The van der Waals surface area contributed by atoms with Gasteiger partial charge >= 0.3 is 6.01 Å². The smallest absolute Gasteiger partial charge is 0.315 e. The standard InChI is InChI=1S/C21H19BrN6O2S/c1-14-23-20(30-27-14)24-18(29)13-31-21-26-25-19(16-7-9-17(22)10-8-16)28(21)12-11-15-5-3-2-4-6-15/h2-10H,11-13H2,1H3,(H,23,24,27,29). The van der Waals surface area contributed by atoms with Crippen molar-refractivity contribution in [3.05, 3.63) is 70.5 Å². The molecule has 0 aliphatic heterocycles. The second kappa shape index (κ2) is 9.88. The number of anilines is 1. The molecule has 2 aromatic carbocycles. The minimum Gasteiger partial charge on any atom is -0.315 e. The minimum atomic E-state index is -0.253. The van der Waals surface area contributed by atoms with Gasteiger partial charge in [0.2, 0.25) is 5.91 Å². The van der Waals surface area contributed by atoms with Gasteiger partial charge in [0.1, 0.15) is 0 Å². The van der Waals surface area contributed by atoms with Gasteiger partial charge in [0, 0.05) is 16.6 Å². The number of thioether (sulfide) groups is 1. The molecule has 0 saturated carbocycles. The van der Waals surface area contributed by atoms with Crippen molar-refractivity contribution in [2.24, 2.45) is 0 Å². The molecule has 0 aliphatic carbocycles. The zero-order valence-electron chi connectivity index (χ0n) is 16.7. The number of halogens is 1. The summed E-state index contributed by atoms with van der Waals surface area (Å²) in [7, 11) is 0. The van der Waals surface area contributed by atoms with Gasteiger partial charge in [-0.3, -0.25) is 10.1 Å². The fourth-order valence-corrected chi connectivity index (χ4v) is 3.96. The Hall–Kier alpha value is -2.98. The summed E-state index contributed by atoms with van der Waals surface area (Å²) < 4.78 is 7.97. The normalized spacial score (nSPS) is 10.9. The van der Waals surface area contributed by atoms with Crippen molar-refractivity contribution in [3.8, 4) is 11.4 Å². The Balaban J connectivity index is 1.51. The van der Waals surface area contributed by atoms with Gasteiger partial charge < -0.3 is 9.09 Å². The fraction of sp³-hybridized carbons (Fsp3) is 0.190. The Kier molecular flexibility index (Phi) is 6.78. The number of hydrogen-bond donors (Lipinski definition) is 1. The van der Waals surface area contributed by atoms with E-state index < -0.39 is 0 Å². The Bertz CT molecular complexity index is 1160. The molecule has 2 heterocycles. The SMILES string of the molecule is Cc1noc(NC(=O)CSc2nnc(-c3ccc(Br)cc3)n2CCc2ccccc2)n1. The van der Waals surface area contributed by atoms with Crippen LogP contribution >= 0.6 is 27.7 Å². The van der Waals surface area contributed by atoms with Crippen molar-refractivity contribution in [2.75, 3.05) is 11.1 Å². The Morgan fingerprint density at radius 1 is 1.13 bits per heavy atom. The van der Waals surface area contributed by atoms with Gasteiger partial charge in [0.15, 0.2) is 16.8 Å². The zero-order valence-corrected chi connectivity index (χ0v) is 19.1. The van der Waals surface area contributed by atoms with E-state index in [-0.39, 0.29) is 17.7 Å². The Morgan fingerprint density at radius 2 is 1.90 bits per heavy atom. The first kappa shape index (κ1) is 21.3. The maximum atomic E-state index is 12.3. The van der Waals surface area contributed by atoms with E-state index in [1.165, 1.54) is 17.3 Å². The van der Waals surface area contributed by atoms with E-state index in [0.29, 0.717) is 17.5 Å². The van der Waals surface area contributed by atoms with E-state index in [4.69, 9.17) is 4.52 Å². The molecule has 2 aromatic heterocycles. The molecule has 0 bridgehead atoms. The molecule has 0 fully saturated rings. The van der Waals surface area contributed by atoms with Gasteiger partial charge in [-0.25, -0.2) is 0 Å². The van der Waals surface area contributed by atoms with Crippen LogP contribution in [-0.2, 0) is 17.8 Å². The van der Waals surface area contributed by atoms with Gasteiger partial charge in [-0.05, 0) is 31.0 Å². The summed E-state index contributed by atoms with van der Waals surface area (Å²) in [6, 6.07) is 18.2. The van der Waals surface area contributed by atoms with Crippen molar-refractivity contribution in [1.82, 2.24) is 24.9 Å². The average molecular weight is 499 g/mol. The van der Waals surface area contributed by atoms with E-state index >= 15 is 0 Å². The topological polar surface area (TPSA) is 98.7 Å². The second-order valence-corrected chi connectivity index (χ2v) is 8.54. The number of aryl methyl sites for hydroxylation is 2. The summed E-state index contributed by atoms with van der Waals surface area (Å²) in [5, 5.41) is 15.7. The maximum absolute atomic E-state index is 12.3. The fourth-order valence-electron chi connectivity index (χ4n) is 2.93. The summed E-state index contributed by atoms with van der Waals surface area (Å²) >= 11 is 4.78. The molecular formula is C21H19BrN6O2S. The van der Waals surface area contributed by atoms with E-state index in [1.54, 1.807) is 6.92 Å². The number of rotatable bonds is 8. The number of benzene rings is 2. The highest BCUT2D eigenvalue weighted by Gasteiger charge is 2.17. The first-order chi connectivity index (χ1) is 15.1. The first-order valence-corrected chi connectivity index (χ1v) is 11.3. The lowest BCUT2D eigenvalue weighted by molar-refractivity contribution is -0.114. The maximum Gasteiger partial charge on any atom is 0.328 e. The van der Waals surface area contributed by atoms with Crippen LogP contribution in [0.3, 0.4) is 0 Å². The molecule has 0 atom stereocenters. The second-order valence-electron chi connectivity index (χ2n) is 6.68. The lowest BCUT2D eigenvalue weighted by Gasteiger charge is -2.10. The molecule has 4 aromatic rings. The number of carbonyl (C=O) groups excluding carboxylic acids is 1. The van der Waals surface area contributed by atoms with Crippen molar-refractivity contribution < 1.29 is 9.32 Å². The van der Waals surface area contributed by atoms with E-state index in [1.807, 2.05) is 47.0 Å². The van der Waals surface area contributed by atoms with Crippen molar-refractivity contribution in [1.29, 1.82) is 0 Å². The monoisotopic (exact) mass is 498 g/mol. The lowest BCUT2D eigenvalue weighted by atomic mass is 10.1. The molecule has 4 rings (SSSR count). The third kappa shape index (κ3) is 5.59. The Morgan fingerprint density at radius 3 is 2.61 bits per heavy atom. The van der Waals surface area contributed by atoms with Crippen molar-refractivity contribution >= 4 is 39.6 Å². The largest absolute Gasteiger partial charge is 0.328 e. The van der Waals surface area contributed by atoms with Gasteiger partial charge in [-0.2, -0.15) is 4.98 Å². The molecule has 0 spiro atoms. The van der Waals surface area contributed by atoms with Crippen molar-refractivity contribution in [2.45, 2.75) is 25.0 Å². The van der Waals surface area contributed by atoms with Crippen LogP contribution in [0.25, 0.3) is 11.4 Å². The first-order valence-electron chi connectivity index (χ1n) is 9.54. The van der Waals surface area contributed by atoms with E-state index in [2.05, 4.69) is 53.7 Å². The predicted octanol–water partition coefficient (Wildman–Crippen LogP) is 4.37. The molecule has 0 aliphatic rings. The van der Waals surface area contributed by atoms with E-state index in [0.717, 1.165) is 22.3 Å². The van der Waals surface area contributed by atoms with Gasteiger partial charge in [0.25, 0.3) is 0 Å². The van der Waals surface area contributed by atoms with Crippen LogP contribution in [0.5, 0.6) is 0 Å². The van der Waals surface area contributed by atoms with Crippen LogP contribution in [0.15, 0.2) is 68.7 Å². The molecule has 31 heavy (non-hydrogen) atoms. The summed E-state index contributed by atoms with van der Waals surface area (Å²) in [6.07, 6.45) is 0.823. The minimum absolute atomic E-state index is 0.0872. The van der Waals surface area contributed by atoms with Gasteiger partial charge in [-0.1, -0.05) is 75.3 Å². The number of amides is 1. The van der Waals surface area contributed by atoms with E-state index in [9.17, 15) is 4.79 Å². The number of carbonyl (C=O) groups is 1. The molecule has 158 valence electrons. The average Bonchev–Trinajstić information content (AvgIpc) is 3.37. The molecule has 1 amide bonds. The van der Waals surface area contributed by atoms with Crippen molar-refractivity contribution in [3.63, 3.8) is 0 Å². The summed E-state index contributed by atoms with van der Waals surface area (Å²) in [5.41, 5.74) is 2.18. The van der Waals surface area contributed by atoms with Gasteiger partial charge in [-0.15, -0.1) is 10.2 Å². The third-order valence-electron chi connectivity index (χ3n) is 4.39. The van der Waals surface area contributed by atoms with Crippen LogP contribution in [0.1, 0.15) is 11.4 Å². The molecule has 0 radical (unpaired) electrons. The number of nitrogens with one attached hydrogen (secondary N) is 1. The van der Waals surface area contributed by atoms with Crippen LogP contribution in [0, 0.1) is 6.92 Å². The molecule has 10 heteroatoms. The zero-order chi connectivity index (χ0) is 21.6. The predicted molar refractivity (Wildman–Crippen MR) is 122 cm³/mol. The van der Waals surface area contributed by atoms with Crippen LogP contribution in [0.4, 0.5) is 6.01 Å². The molecule has 8 nitrogen and oxygen atoms in total.